The molecular weight excluding hydrogens is 300 g/mol. The van der Waals surface area contributed by atoms with Crippen LogP contribution in [0.5, 0.6) is 0 Å². The summed E-state index contributed by atoms with van der Waals surface area (Å²) in [4.78, 5) is 16.6. The van der Waals surface area contributed by atoms with Gasteiger partial charge >= 0.3 is 0 Å². The van der Waals surface area contributed by atoms with Crippen LogP contribution in [-0.4, -0.2) is 29.1 Å². The molecule has 0 saturated carbocycles. The zero-order chi connectivity index (χ0) is 16.0. The number of hydrogen-bond acceptors (Lipinski definition) is 5. The van der Waals surface area contributed by atoms with Gasteiger partial charge in [0.05, 0.1) is 6.26 Å². The van der Waals surface area contributed by atoms with Crippen molar-refractivity contribution in [3.05, 3.63) is 29.7 Å². The SMILES string of the molecule is CCC(CC)(CCO)CNC(=O)c1csc(-c2ccoc2)n1. The number of hydrogen-bond donors (Lipinski definition) is 2. The van der Waals surface area contributed by atoms with Gasteiger partial charge in [0.1, 0.15) is 17.0 Å². The third-order valence-electron chi connectivity index (χ3n) is 4.27. The molecule has 0 aliphatic rings. The monoisotopic (exact) mass is 322 g/mol. The van der Waals surface area contributed by atoms with E-state index in [2.05, 4.69) is 24.1 Å². The van der Waals surface area contributed by atoms with E-state index in [1.165, 1.54) is 11.3 Å². The molecule has 0 aliphatic carbocycles. The van der Waals surface area contributed by atoms with Crippen molar-refractivity contribution in [1.82, 2.24) is 10.3 Å². The zero-order valence-electron chi connectivity index (χ0n) is 13.0. The van der Waals surface area contributed by atoms with Crippen molar-refractivity contribution in [1.29, 1.82) is 0 Å². The second-order valence-electron chi connectivity index (χ2n) is 5.41. The molecule has 0 spiro atoms. The number of carbonyl (C=O) groups is 1. The van der Waals surface area contributed by atoms with E-state index in [0.717, 1.165) is 23.4 Å². The Kier molecular flexibility index (Phi) is 5.74. The summed E-state index contributed by atoms with van der Waals surface area (Å²) in [6.45, 7) is 4.87. The van der Waals surface area contributed by atoms with Crippen molar-refractivity contribution in [2.24, 2.45) is 5.41 Å². The fourth-order valence-corrected chi connectivity index (χ4v) is 3.22. The molecule has 0 atom stereocenters. The maximum atomic E-state index is 12.3. The standard InChI is InChI=1S/C16H22N2O3S/c1-3-16(4-2,6-7-19)11-17-14(20)13-10-22-15(18-13)12-5-8-21-9-12/h5,8-10,19H,3-4,6-7,11H2,1-2H3,(H,17,20). The number of thiazole rings is 1. The summed E-state index contributed by atoms with van der Waals surface area (Å²) in [6.07, 6.45) is 5.73. The summed E-state index contributed by atoms with van der Waals surface area (Å²) in [6, 6.07) is 1.82. The van der Waals surface area contributed by atoms with Gasteiger partial charge in [-0.1, -0.05) is 13.8 Å². The number of nitrogens with zero attached hydrogens (tertiary/aromatic N) is 1. The molecular formula is C16H22N2O3S. The number of aliphatic hydroxyl groups excluding tert-OH is 1. The van der Waals surface area contributed by atoms with E-state index in [9.17, 15) is 9.90 Å². The fourth-order valence-electron chi connectivity index (χ4n) is 2.43. The van der Waals surface area contributed by atoms with Gasteiger partial charge in [-0.15, -0.1) is 11.3 Å². The van der Waals surface area contributed by atoms with E-state index in [0.29, 0.717) is 18.7 Å². The lowest BCUT2D eigenvalue weighted by Crippen LogP contribution is -2.37. The van der Waals surface area contributed by atoms with Crippen LogP contribution < -0.4 is 5.32 Å². The summed E-state index contributed by atoms with van der Waals surface area (Å²) < 4.78 is 5.03. The van der Waals surface area contributed by atoms with E-state index in [1.807, 2.05) is 6.07 Å². The van der Waals surface area contributed by atoms with Crippen molar-refractivity contribution in [3.63, 3.8) is 0 Å². The van der Waals surface area contributed by atoms with E-state index in [-0.39, 0.29) is 17.9 Å². The lowest BCUT2D eigenvalue weighted by molar-refractivity contribution is 0.0903. The van der Waals surface area contributed by atoms with Crippen LogP contribution in [0.1, 0.15) is 43.6 Å². The number of rotatable bonds is 8. The molecule has 120 valence electrons. The predicted octanol–water partition coefficient (Wildman–Crippen LogP) is 3.32. The number of carbonyl (C=O) groups excluding carboxylic acids is 1. The molecule has 0 fully saturated rings. The smallest absolute Gasteiger partial charge is 0.270 e. The molecule has 6 heteroatoms. The van der Waals surface area contributed by atoms with Gasteiger partial charge in [-0.3, -0.25) is 4.79 Å². The highest BCUT2D eigenvalue weighted by Crippen LogP contribution is 2.29. The summed E-state index contributed by atoms with van der Waals surface area (Å²) >= 11 is 1.42. The Morgan fingerprint density at radius 2 is 2.23 bits per heavy atom. The highest BCUT2D eigenvalue weighted by molar-refractivity contribution is 7.13. The van der Waals surface area contributed by atoms with Gasteiger partial charge < -0.3 is 14.8 Å². The van der Waals surface area contributed by atoms with Gasteiger partial charge in [0.2, 0.25) is 0 Å². The van der Waals surface area contributed by atoms with E-state index in [1.54, 1.807) is 17.9 Å². The highest BCUT2D eigenvalue weighted by atomic mass is 32.1. The van der Waals surface area contributed by atoms with Crippen LogP contribution in [0.2, 0.25) is 0 Å². The van der Waals surface area contributed by atoms with Gasteiger partial charge in [-0.2, -0.15) is 0 Å². The van der Waals surface area contributed by atoms with Gasteiger partial charge in [-0.05, 0) is 30.7 Å². The van der Waals surface area contributed by atoms with Crippen LogP contribution in [0.3, 0.4) is 0 Å². The summed E-state index contributed by atoms with van der Waals surface area (Å²) in [5.41, 5.74) is 1.25. The van der Waals surface area contributed by atoms with Crippen molar-refractivity contribution in [2.75, 3.05) is 13.2 Å². The topological polar surface area (TPSA) is 75.4 Å². The number of amides is 1. The first-order valence-electron chi connectivity index (χ1n) is 7.51. The van der Waals surface area contributed by atoms with Crippen molar-refractivity contribution >= 4 is 17.2 Å². The zero-order valence-corrected chi connectivity index (χ0v) is 13.8. The Morgan fingerprint density at radius 3 is 2.82 bits per heavy atom. The molecule has 5 nitrogen and oxygen atoms in total. The Morgan fingerprint density at radius 1 is 1.45 bits per heavy atom. The molecule has 2 aromatic rings. The minimum Gasteiger partial charge on any atom is -0.472 e. The highest BCUT2D eigenvalue weighted by Gasteiger charge is 2.26. The molecule has 0 radical (unpaired) electrons. The summed E-state index contributed by atoms with van der Waals surface area (Å²) in [5.74, 6) is -0.171. The molecule has 0 unspecified atom stereocenters. The molecule has 0 aliphatic heterocycles. The number of furan rings is 1. The van der Waals surface area contributed by atoms with E-state index >= 15 is 0 Å². The van der Waals surface area contributed by atoms with Crippen LogP contribution >= 0.6 is 11.3 Å². The maximum absolute atomic E-state index is 12.3. The molecule has 2 aromatic heterocycles. The third-order valence-corrected chi connectivity index (χ3v) is 5.16. The molecule has 1 amide bonds. The van der Waals surface area contributed by atoms with Crippen molar-refractivity contribution in [3.8, 4) is 10.6 Å². The fraction of sp³-hybridized carbons (Fsp3) is 0.500. The number of nitrogens with one attached hydrogen (secondary N) is 1. The van der Waals surface area contributed by atoms with E-state index < -0.39 is 0 Å². The molecule has 2 rings (SSSR count). The van der Waals surface area contributed by atoms with Crippen LogP contribution in [0, 0.1) is 5.41 Å². The Labute approximate surface area is 134 Å². The molecule has 22 heavy (non-hydrogen) atoms. The lowest BCUT2D eigenvalue weighted by Gasteiger charge is -2.31. The number of aromatic nitrogens is 1. The average molecular weight is 322 g/mol. The Balaban J connectivity index is 2.00. The largest absolute Gasteiger partial charge is 0.472 e. The molecule has 0 aromatic carbocycles. The normalized spacial score (nSPS) is 11.6. The van der Waals surface area contributed by atoms with Crippen LogP contribution in [0.15, 0.2) is 28.4 Å². The van der Waals surface area contributed by atoms with Crippen molar-refractivity contribution < 1.29 is 14.3 Å². The molecule has 2 N–H and O–H groups in total. The Bertz CT molecular complexity index is 588. The first kappa shape index (κ1) is 16.7. The Hall–Kier alpha value is -1.66. The third kappa shape index (κ3) is 3.75. The van der Waals surface area contributed by atoms with E-state index in [4.69, 9.17) is 4.42 Å². The van der Waals surface area contributed by atoms with Gasteiger partial charge in [0.25, 0.3) is 5.91 Å². The minimum absolute atomic E-state index is 0.0478. The summed E-state index contributed by atoms with van der Waals surface area (Å²) in [7, 11) is 0. The average Bonchev–Trinajstić information content (AvgIpc) is 3.21. The summed E-state index contributed by atoms with van der Waals surface area (Å²) in [5, 5.41) is 14.7. The maximum Gasteiger partial charge on any atom is 0.270 e. The van der Waals surface area contributed by atoms with Gasteiger partial charge in [0, 0.05) is 24.1 Å². The first-order chi connectivity index (χ1) is 10.6. The second-order valence-corrected chi connectivity index (χ2v) is 6.27. The second kappa shape index (κ2) is 7.56. The van der Waals surface area contributed by atoms with Crippen molar-refractivity contribution in [2.45, 2.75) is 33.1 Å². The van der Waals surface area contributed by atoms with Crippen LogP contribution in [0.4, 0.5) is 0 Å². The first-order valence-corrected chi connectivity index (χ1v) is 8.39. The van der Waals surface area contributed by atoms with Gasteiger partial charge in [-0.25, -0.2) is 4.98 Å². The molecule has 0 bridgehead atoms. The lowest BCUT2D eigenvalue weighted by atomic mass is 9.79. The number of aliphatic hydroxyl groups is 1. The quantitative estimate of drug-likeness (QED) is 0.782. The predicted molar refractivity (Wildman–Crippen MR) is 86.9 cm³/mol. The minimum atomic E-state index is -0.171. The van der Waals surface area contributed by atoms with Crippen LogP contribution in [0.25, 0.3) is 10.6 Å². The molecule has 2 heterocycles. The van der Waals surface area contributed by atoms with Crippen LogP contribution in [-0.2, 0) is 0 Å². The molecule has 0 saturated heterocycles. The van der Waals surface area contributed by atoms with Gasteiger partial charge in [0.15, 0.2) is 0 Å².